The Balaban J connectivity index is 2.01. The van der Waals surface area contributed by atoms with Gasteiger partial charge in [0.2, 0.25) is 5.95 Å². The highest BCUT2D eigenvalue weighted by Gasteiger charge is 2.31. The Hall–Kier alpha value is -3.24. The quantitative estimate of drug-likeness (QED) is 0.410. The molecule has 0 bridgehead atoms. The van der Waals surface area contributed by atoms with E-state index in [4.69, 9.17) is 0 Å². The van der Waals surface area contributed by atoms with Gasteiger partial charge in [-0.3, -0.25) is 15.0 Å². The minimum atomic E-state index is -4.57. The van der Waals surface area contributed by atoms with E-state index >= 15 is 0 Å². The number of aromatic nitrogens is 2. The third kappa shape index (κ3) is 5.71. The zero-order valence-electron chi connectivity index (χ0n) is 19.9. The molecule has 1 unspecified atom stereocenters. The molecule has 35 heavy (non-hydrogen) atoms. The molecule has 1 aromatic heterocycles. The fraction of sp³-hybridized carbons (Fsp3) is 0.400. The summed E-state index contributed by atoms with van der Waals surface area (Å²) < 4.78 is 40.9. The van der Waals surface area contributed by atoms with Crippen LogP contribution in [-0.2, 0) is 23.1 Å². The zero-order chi connectivity index (χ0) is 25.8. The summed E-state index contributed by atoms with van der Waals surface area (Å²) in [6.07, 6.45) is -2.31. The molecule has 0 saturated heterocycles. The van der Waals surface area contributed by atoms with Crippen molar-refractivity contribution in [1.29, 1.82) is 0 Å². The van der Waals surface area contributed by atoms with Crippen molar-refractivity contribution in [2.24, 2.45) is 0 Å². The topological polar surface area (TPSA) is 87.5 Å². The average Bonchev–Trinajstić information content (AvgIpc) is 3.16. The molecule has 1 atom stereocenters. The van der Waals surface area contributed by atoms with Crippen molar-refractivity contribution in [1.82, 2.24) is 14.5 Å². The molecule has 0 radical (unpaired) electrons. The maximum absolute atomic E-state index is 13.1. The first kappa shape index (κ1) is 26.4. The number of hydrogen-bond donors (Lipinski definition) is 2. The first-order valence-electron chi connectivity index (χ1n) is 11.2. The van der Waals surface area contributed by atoms with E-state index in [1.54, 1.807) is 4.57 Å². The Kier molecular flexibility index (Phi) is 7.97. The van der Waals surface area contributed by atoms with Gasteiger partial charge in [-0.25, -0.2) is 4.98 Å². The first-order chi connectivity index (χ1) is 16.5. The van der Waals surface area contributed by atoms with E-state index in [0.29, 0.717) is 36.8 Å². The lowest BCUT2D eigenvalue weighted by Crippen LogP contribution is -2.38. The Labute approximate surface area is 201 Å². The fourth-order valence-corrected chi connectivity index (χ4v) is 3.99. The molecule has 0 saturated carbocycles. The number of fused-ring (bicyclic) bond motifs is 1. The third-order valence-electron chi connectivity index (χ3n) is 6.32. The monoisotopic (exact) mass is 490 g/mol. The van der Waals surface area contributed by atoms with Crippen LogP contribution < -0.4 is 5.32 Å². The highest BCUT2D eigenvalue weighted by molar-refractivity contribution is 6.04. The number of aliphatic hydroxyl groups is 1. The smallest absolute Gasteiger partial charge is 0.396 e. The SMILES string of the molecule is CN(C)C(C)(CCC=O)c1ccc2c(c1)nc(NC(=O)c1cccc(C(F)(F)F)c1)n2CCCO. The first-order valence-corrected chi connectivity index (χ1v) is 11.2. The second-order valence-electron chi connectivity index (χ2n) is 8.77. The van der Waals surface area contributed by atoms with Crippen molar-refractivity contribution in [3.05, 3.63) is 59.2 Å². The number of carbonyl (C=O) groups is 2. The largest absolute Gasteiger partial charge is 0.416 e. The lowest BCUT2D eigenvalue weighted by Gasteiger charge is -2.37. The minimum Gasteiger partial charge on any atom is -0.396 e. The Bertz CT molecular complexity index is 1210. The number of aliphatic hydroxyl groups excluding tert-OH is 1. The van der Waals surface area contributed by atoms with Crippen LogP contribution in [0.3, 0.4) is 0 Å². The number of carbonyl (C=O) groups excluding carboxylic acids is 2. The number of benzene rings is 2. The van der Waals surface area contributed by atoms with Gasteiger partial charge in [0.1, 0.15) is 6.29 Å². The summed E-state index contributed by atoms with van der Waals surface area (Å²) >= 11 is 0. The van der Waals surface area contributed by atoms with E-state index < -0.39 is 23.2 Å². The number of nitrogens with one attached hydrogen (secondary N) is 1. The highest BCUT2D eigenvalue weighted by atomic mass is 19.4. The molecule has 2 N–H and O–H groups in total. The van der Waals surface area contributed by atoms with Crippen LogP contribution in [0, 0.1) is 0 Å². The van der Waals surface area contributed by atoms with Crippen molar-refractivity contribution in [2.45, 2.75) is 44.4 Å². The van der Waals surface area contributed by atoms with Gasteiger partial charge in [0.25, 0.3) is 5.91 Å². The van der Waals surface area contributed by atoms with E-state index in [1.807, 2.05) is 44.1 Å². The molecule has 3 rings (SSSR count). The van der Waals surface area contributed by atoms with Crippen LogP contribution in [-0.4, -0.2) is 52.5 Å². The average molecular weight is 491 g/mol. The van der Waals surface area contributed by atoms with Gasteiger partial charge in [-0.2, -0.15) is 13.2 Å². The number of alkyl halides is 3. The number of amides is 1. The second-order valence-corrected chi connectivity index (χ2v) is 8.77. The van der Waals surface area contributed by atoms with Crippen molar-refractivity contribution in [3.8, 4) is 0 Å². The van der Waals surface area contributed by atoms with Gasteiger partial charge in [0, 0.05) is 30.7 Å². The summed E-state index contributed by atoms with van der Waals surface area (Å²) in [6.45, 7) is 2.29. The lowest BCUT2D eigenvalue weighted by molar-refractivity contribution is -0.137. The number of halogens is 3. The van der Waals surface area contributed by atoms with Crippen molar-refractivity contribution in [3.63, 3.8) is 0 Å². The minimum absolute atomic E-state index is 0.0802. The summed E-state index contributed by atoms with van der Waals surface area (Å²) in [5.41, 5.74) is 0.722. The maximum atomic E-state index is 13.1. The van der Waals surface area contributed by atoms with Crippen LogP contribution in [0.15, 0.2) is 42.5 Å². The van der Waals surface area contributed by atoms with Gasteiger partial charge >= 0.3 is 6.18 Å². The fourth-order valence-electron chi connectivity index (χ4n) is 3.99. The van der Waals surface area contributed by atoms with Crippen LogP contribution in [0.5, 0.6) is 0 Å². The van der Waals surface area contributed by atoms with E-state index in [9.17, 15) is 27.9 Å². The standard InChI is InChI=1S/C25H29F3N4O3/c1-24(31(2)3,11-5-13-33)18-9-10-21-20(16-18)29-23(32(21)12-6-14-34)30-22(35)17-7-4-8-19(15-17)25(26,27)28/h4,7-10,13,15-16,34H,5-6,11-12,14H2,1-3H3,(H,29,30,35). The molecule has 1 heterocycles. The van der Waals surface area contributed by atoms with E-state index in [-0.39, 0.29) is 18.1 Å². The highest BCUT2D eigenvalue weighted by Crippen LogP contribution is 2.34. The summed E-state index contributed by atoms with van der Waals surface area (Å²) in [4.78, 5) is 30.4. The Morgan fingerprint density at radius 1 is 1.17 bits per heavy atom. The lowest BCUT2D eigenvalue weighted by atomic mass is 9.86. The number of aldehydes is 1. The van der Waals surface area contributed by atoms with Gasteiger partial charge in [0.05, 0.1) is 16.6 Å². The van der Waals surface area contributed by atoms with E-state index in [1.165, 1.54) is 12.1 Å². The molecule has 3 aromatic rings. The number of aryl methyl sites for hydroxylation is 1. The molecular formula is C25H29F3N4O3. The van der Waals surface area contributed by atoms with Crippen LogP contribution >= 0.6 is 0 Å². The van der Waals surface area contributed by atoms with E-state index in [0.717, 1.165) is 24.0 Å². The van der Waals surface area contributed by atoms with E-state index in [2.05, 4.69) is 10.3 Å². The summed E-state index contributed by atoms with van der Waals surface area (Å²) in [6, 6.07) is 9.86. The van der Waals surface area contributed by atoms with Crippen LogP contribution in [0.2, 0.25) is 0 Å². The predicted octanol–water partition coefficient (Wildman–Crippen LogP) is 4.45. The van der Waals surface area contributed by atoms with Crippen LogP contribution in [0.4, 0.5) is 19.1 Å². The number of anilines is 1. The molecule has 2 aromatic carbocycles. The molecule has 0 spiro atoms. The number of imidazole rings is 1. The summed E-state index contributed by atoms with van der Waals surface area (Å²) in [5.74, 6) is -0.548. The molecule has 7 nitrogen and oxygen atoms in total. The van der Waals surface area contributed by atoms with Crippen molar-refractivity contribution >= 4 is 29.2 Å². The molecule has 1 amide bonds. The summed E-state index contributed by atoms with van der Waals surface area (Å²) in [7, 11) is 3.85. The molecule has 0 aliphatic carbocycles. The molecule has 10 heteroatoms. The molecule has 0 fully saturated rings. The zero-order valence-corrected chi connectivity index (χ0v) is 19.9. The van der Waals surface area contributed by atoms with Crippen LogP contribution in [0.25, 0.3) is 11.0 Å². The normalized spacial score (nSPS) is 13.7. The van der Waals surface area contributed by atoms with Gasteiger partial charge < -0.3 is 14.5 Å². The molecule has 0 aliphatic heterocycles. The van der Waals surface area contributed by atoms with Gasteiger partial charge in [-0.1, -0.05) is 12.1 Å². The van der Waals surface area contributed by atoms with Crippen molar-refractivity contribution < 1.29 is 27.9 Å². The van der Waals surface area contributed by atoms with Gasteiger partial charge in [-0.05, 0) is 69.8 Å². The summed E-state index contributed by atoms with van der Waals surface area (Å²) in [5, 5.41) is 12.0. The Morgan fingerprint density at radius 2 is 1.91 bits per heavy atom. The number of rotatable bonds is 10. The maximum Gasteiger partial charge on any atom is 0.416 e. The Morgan fingerprint density at radius 3 is 2.54 bits per heavy atom. The molecule has 188 valence electrons. The second kappa shape index (κ2) is 10.6. The predicted molar refractivity (Wildman–Crippen MR) is 127 cm³/mol. The van der Waals surface area contributed by atoms with Crippen molar-refractivity contribution in [2.75, 3.05) is 26.0 Å². The van der Waals surface area contributed by atoms with Crippen LogP contribution in [0.1, 0.15) is 47.7 Å². The number of hydrogen-bond acceptors (Lipinski definition) is 5. The molecule has 0 aliphatic rings. The number of nitrogens with zero attached hydrogens (tertiary/aromatic N) is 3. The molecular weight excluding hydrogens is 461 g/mol. The third-order valence-corrected chi connectivity index (χ3v) is 6.32. The van der Waals surface area contributed by atoms with Gasteiger partial charge in [0.15, 0.2) is 0 Å². The van der Waals surface area contributed by atoms with Gasteiger partial charge in [-0.15, -0.1) is 0 Å².